The number of pyridine rings is 1. The molecule has 0 aliphatic rings. The number of carbonyl (C=O) groups excluding carboxylic acids is 2. The minimum Gasteiger partial charge on any atom is -0.464 e. The van der Waals surface area contributed by atoms with Gasteiger partial charge in [0.25, 0.3) is 5.91 Å². The Morgan fingerprint density at radius 3 is 2.26 bits per heavy atom. The molecule has 0 fully saturated rings. The van der Waals surface area contributed by atoms with Gasteiger partial charge in [-0.15, -0.1) is 0 Å². The van der Waals surface area contributed by atoms with E-state index in [2.05, 4.69) is 9.72 Å². The fourth-order valence-corrected chi connectivity index (χ4v) is 1.79. The number of carbonyl (C=O) groups is 2. The first kappa shape index (κ1) is 15.1. The molecule has 1 heterocycles. The molecule has 0 bridgehead atoms. The predicted octanol–water partition coefficient (Wildman–Crippen LogP) is 2.13. The van der Waals surface area contributed by atoms with E-state index in [1.807, 2.05) is 13.8 Å². The third kappa shape index (κ3) is 4.05. The highest BCUT2D eigenvalue weighted by molar-refractivity contribution is 5.94. The zero-order valence-electron chi connectivity index (χ0n) is 11.7. The third-order valence-electron chi connectivity index (χ3n) is 2.64. The monoisotopic (exact) mass is 264 g/mol. The molecule has 0 saturated heterocycles. The van der Waals surface area contributed by atoms with Gasteiger partial charge in [0.15, 0.2) is 0 Å². The van der Waals surface area contributed by atoms with Crippen LogP contribution < -0.4 is 0 Å². The van der Waals surface area contributed by atoms with E-state index in [1.165, 1.54) is 13.2 Å². The summed E-state index contributed by atoms with van der Waals surface area (Å²) in [6, 6.07) is 4.79. The number of hydrogen-bond acceptors (Lipinski definition) is 4. The molecule has 0 radical (unpaired) electrons. The van der Waals surface area contributed by atoms with Gasteiger partial charge in [-0.3, -0.25) is 4.79 Å². The van der Waals surface area contributed by atoms with Crippen molar-refractivity contribution in [3.63, 3.8) is 0 Å². The number of methoxy groups -OCH3 is 1. The van der Waals surface area contributed by atoms with Crippen molar-refractivity contribution in [1.29, 1.82) is 0 Å². The lowest BCUT2D eigenvalue weighted by atomic mass is 10.2. The SMILES string of the molecule is CCCN(CCC)C(=O)c1cccc(C(=O)OC)n1. The number of ether oxygens (including phenoxy) is 1. The van der Waals surface area contributed by atoms with E-state index in [1.54, 1.807) is 17.0 Å². The minimum atomic E-state index is -0.535. The number of amides is 1. The van der Waals surface area contributed by atoms with Gasteiger partial charge in [-0.25, -0.2) is 9.78 Å². The van der Waals surface area contributed by atoms with Crippen LogP contribution in [0.3, 0.4) is 0 Å². The summed E-state index contributed by atoms with van der Waals surface area (Å²) in [7, 11) is 1.29. The topological polar surface area (TPSA) is 59.5 Å². The summed E-state index contributed by atoms with van der Waals surface area (Å²) in [4.78, 5) is 29.5. The minimum absolute atomic E-state index is 0.144. The molecular formula is C14H20N2O3. The molecular weight excluding hydrogens is 244 g/mol. The van der Waals surface area contributed by atoms with E-state index >= 15 is 0 Å². The Morgan fingerprint density at radius 2 is 1.74 bits per heavy atom. The van der Waals surface area contributed by atoms with Gasteiger partial charge < -0.3 is 9.64 Å². The number of hydrogen-bond donors (Lipinski definition) is 0. The van der Waals surface area contributed by atoms with Crippen LogP contribution in [-0.2, 0) is 4.74 Å². The highest BCUT2D eigenvalue weighted by atomic mass is 16.5. The van der Waals surface area contributed by atoms with Gasteiger partial charge in [0.1, 0.15) is 11.4 Å². The third-order valence-corrected chi connectivity index (χ3v) is 2.64. The molecule has 104 valence electrons. The van der Waals surface area contributed by atoms with Crippen LogP contribution in [0.4, 0.5) is 0 Å². The lowest BCUT2D eigenvalue weighted by molar-refractivity contribution is 0.0593. The zero-order valence-corrected chi connectivity index (χ0v) is 11.7. The van der Waals surface area contributed by atoms with Crippen LogP contribution in [0.15, 0.2) is 18.2 Å². The smallest absolute Gasteiger partial charge is 0.356 e. The zero-order chi connectivity index (χ0) is 14.3. The van der Waals surface area contributed by atoms with Crippen molar-refractivity contribution in [2.24, 2.45) is 0 Å². The second-order valence-electron chi connectivity index (χ2n) is 4.19. The molecule has 0 saturated carbocycles. The highest BCUT2D eigenvalue weighted by Gasteiger charge is 2.17. The Kier molecular flexibility index (Phi) is 5.99. The summed E-state index contributed by atoms with van der Waals surface area (Å²) in [5.74, 6) is -0.679. The van der Waals surface area contributed by atoms with E-state index < -0.39 is 5.97 Å². The molecule has 0 aromatic carbocycles. The van der Waals surface area contributed by atoms with Crippen molar-refractivity contribution in [3.05, 3.63) is 29.6 Å². The molecule has 1 aromatic heterocycles. The van der Waals surface area contributed by atoms with E-state index in [-0.39, 0.29) is 17.3 Å². The fraction of sp³-hybridized carbons (Fsp3) is 0.500. The molecule has 1 rings (SSSR count). The van der Waals surface area contributed by atoms with Gasteiger partial charge in [-0.2, -0.15) is 0 Å². The van der Waals surface area contributed by atoms with E-state index in [4.69, 9.17) is 0 Å². The van der Waals surface area contributed by atoms with Gasteiger partial charge in [0.05, 0.1) is 7.11 Å². The van der Waals surface area contributed by atoms with E-state index in [9.17, 15) is 9.59 Å². The fourth-order valence-electron chi connectivity index (χ4n) is 1.79. The summed E-state index contributed by atoms with van der Waals surface area (Å²) in [5.41, 5.74) is 0.436. The molecule has 19 heavy (non-hydrogen) atoms. The first-order chi connectivity index (χ1) is 9.13. The van der Waals surface area contributed by atoms with Gasteiger partial charge in [-0.1, -0.05) is 19.9 Å². The van der Waals surface area contributed by atoms with Crippen LogP contribution in [-0.4, -0.2) is 42.0 Å². The molecule has 0 N–H and O–H groups in total. The number of esters is 1. The summed E-state index contributed by atoms with van der Waals surface area (Å²) in [5, 5.41) is 0. The van der Waals surface area contributed by atoms with Crippen LogP contribution in [0.1, 0.15) is 47.7 Å². The van der Waals surface area contributed by atoms with Gasteiger partial charge >= 0.3 is 5.97 Å². The predicted molar refractivity (Wildman–Crippen MR) is 72.1 cm³/mol. The lowest BCUT2D eigenvalue weighted by Gasteiger charge is -2.21. The van der Waals surface area contributed by atoms with Crippen molar-refractivity contribution < 1.29 is 14.3 Å². The molecule has 0 unspecified atom stereocenters. The summed E-state index contributed by atoms with van der Waals surface area (Å²) < 4.78 is 4.60. The molecule has 1 aromatic rings. The standard InChI is InChI=1S/C14H20N2O3/c1-4-9-16(10-5-2)13(17)11-7-6-8-12(15-11)14(18)19-3/h6-8H,4-5,9-10H2,1-3H3. The molecule has 0 atom stereocenters. The average molecular weight is 264 g/mol. The molecule has 1 amide bonds. The second-order valence-corrected chi connectivity index (χ2v) is 4.19. The van der Waals surface area contributed by atoms with Crippen molar-refractivity contribution in [2.75, 3.05) is 20.2 Å². The molecule has 0 aliphatic heterocycles. The Labute approximate surface area is 113 Å². The maximum absolute atomic E-state index is 12.3. The quantitative estimate of drug-likeness (QED) is 0.738. The molecule has 0 aliphatic carbocycles. The van der Waals surface area contributed by atoms with Crippen LogP contribution in [0.25, 0.3) is 0 Å². The number of aromatic nitrogens is 1. The maximum atomic E-state index is 12.3. The van der Waals surface area contributed by atoms with Gasteiger partial charge in [-0.05, 0) is 25.0 Å². The van der Waals surface area contributed by atoms with Crippen molar-refractivity contribution in [2.45, 2.75) is 26.7 Å². The van der Waals surface area contributed by atoms with E-state index in [0.717, 1.165) is 12.8 Å². The lowest BCUT2D eigenvalue weighted by Crippen LogP contribution is -2.33. The summed E-state index contributed by atoms with van der Waals surface area (Å²) in [6.07, 6.45) is 1.78. The molecule has 5 heteroatoms. The average Bonchev–Trinajstić information content (AvgIpc) is 2.45. The largest absolute Gasteiger partial charge is 0.464 e. The molecule has 0 spiro atoms. The Balaban J connectivity index is 2.94. The second kappa shape index (κ2) is 7.51. The highest BCUT2D eigenvalue weighted by Crippen LogP contribution is 2.06. The van der Waals surface area contributed by atoms with Gasteiger partial charge in [0, 0.05) is 13.1 Å². The van der Waals surface area contributed by atoms with Crippen molar-refractivity contribution in [3.8, 4) is 0 Å². The van der Waals surface area contributed by atoms with Gasteiger partial charge in [0.2, 0.25) is 0 Å². The number of nitrogens with zero attached hydrogens (tertiary/aromatic N) is 2. The summed E-state index contributed by atoms with van der Waals surface area (Å²) in [6.45, 7) is 5.43. The Hall–Kier alpha value is -1.91. The van der Waals surface area contributed by atoms with Crippen molar-refractivity contribution >= 4 is 11.9 Å². The summed E-state index contributed by atoms with van der Waals surface area (Å²) >= 11 is 0. The van der Waals surface area contributed by atoms with E-state index in [0.29, 0.717) is 13.1 Å². The van der Waals surface area contributed by atoms with Crippen LogP contribution in [0.2, 0.25) is 0 Å². The first-order valence-electron chi connectivity index (χ1n) is 6.48. The first-order valence-corrected chi connectivity index (χ1v) is 6.48. The maximum Gasteiger partial charge on any atom is 0.356 e. The Bertz CT molecular complexity index is 440. The Morgan fingerprint density at radius 1 is 1.16 bits per heavy atom. The van der Waals surface area contributed by atoms with Crippen LogP contribution >= 0.6 is 0 Å². The van der Waals surface area contributed by atoms with Crippen LogP contribution in [0, 0.1) is 0 Å². The van der Waals surface area contributed by atoms with Crippen molar-refractivity contribution in [1.82, 2.24) is 9.88 Å². The molecule has 5 nitrogen and oxygen atoms in total. The number of rotatable bonds is 6. The normalized spacial score (nSPS) is 10.1. The van der Waals surface area contributed by atoms with Crippen LogP contribution in [0.5, 0.6) is 0 Å².